The Balaban J connectivity index is 1.82. The predicted molar refractivity (Wildman–Crippen MR) is 96.3 cm³/mol. The molecule has 0 spiro atoms. The fraction of sp³-hybridized carbons (Fsp3) is 0.500. The second-order valence-electron chi connectivity index (χ2n) is 7.07. The molecule has 0 saturated heterocycles. The van der Waals surface area contributed by atoms with E-state index in [0.717, 1.165) is 24.3 Å². The maximum Gasteiger partial charge on any atom is 0.307 e. The first-order valence-electron chi connectivity index (χ1n) is 8.85. The Bertz CT molecular complexity index is 754. The van der Waals surface area contributed by atoms with Crippen LogP contribution in [0, 0.1) is 11.8 Å². The molecule has 8 heteroatoms. The normalized spacial score (nSPS) is 16.5. The first-order valence-corrected chi connectivity index (χ1v) is 8.85. The van der Waals surface area contributed by atoms with Crippen LogP contribution in [0.4, 0.5) is 0 Å². The molecule has 8 nitrogen and oxygen atoms in total. The second kappa shape index (κ2) is 8.18. The van der Waals surface area contributed by atoms with E-state index in [1.807, 2.05) is 32.2 Å². The van der Waals surface area contributed by atoms with Crippen LogP contribution in [0.2, 0.25) is 0 Å². The number of aromatic nitrogens is 5. The molecule has 138 valence electrons. The summed E-state index contributed by atoms with van der Waals surface area (Å²) in [4.78, 5) is 16.4. The molecule has 0 amide bonds. The van der Waals surface area contributed by atoms with Crippen molar-refractivity contribution in [3.8, 4) is 0 Å². The maximum absolute atomic E-state index is 11.9. The lowest BCUT2D eigenvalue weighted by atomic mass is 9.81. The van der Waals surface area contributed by atoms with E-state index in [-0.39, 0.29) is 11.8 Å². The van der Waals surface area contributed by atoms with Gasteiger partial charge in [0.25, 0.3) is 0 Å². The van der Waals surface area contributed by atoms with Gasteiger partial charge in [-0.25, -0.2) is 0 Å². The molecule has 1 aliphatic rings. The Morgan fingerprint density at radius 3 is 2.73 bits per heavy atom. The van der Waals surface area contributed by atoms with Gasteiger partial charge >= 0.3 is 5.97 Å². The van der Waals surface area contributed by atoms with Gasteiger partial charge in [-0.05, 0) is 36.0 Å². The Morgan fingerprint density at radius 2 is 2.19 bits per heavy atom. The summed E-state index contributed by atoms with van der Waals surface area (Å²) in [5, 5.41) is 27.2. The van der Waals surface area contributed by atoms with Crippen molar-refractivity contribution in [1.82, 2.24) is 30.9 Å². The Labute approximate surface area is 152 Å². The molecule has 0 aliphatic carbocycles. The molecule has 0 bridgehead atoms. The molecular weight excluding hydrogens is 332 g/mol. The van der Waals surface area contributed by atoms with E-state index in [1.165, 1.54) is 5.57 Å². The number of pyridine rings is 1. The van der Waals surface area contributed by atoms with Gasteiger partial charge in [-0.2, -0.15) is 5.21 Å². The van der Waals surface area contributed by atoms with Crippen LogP contribution in [-0.4, -0.2) is 49.8 Å². The molecule has 2 aromatic heterocycles. The lowest BCUT2D eigenvalue weighted by Crippen LogP contribution is -2.26. The number of rotatable bonds is 8. The summed E-state index contributed by atoms with van der Waals surface area (Å²) in [6.07, 6.45) is 5.01. The zero-order valence-electron chi connectivity index (χ0n) is 15.0. The highest BCUT2D eigenvalue weighted by Crippen LogP contribution is 2.31. The second-order valence-corrected chi connectivity index (χ2v) is 7.07. The van der Waals surface area contributed by atoms with Crippen molar-refractivity contribution >= 4 is 11.5 Å². The summed E-state index contributed by atoms with van der Waals surface area (Å²) in [6, 6.07) is 3.99. The lowest BCUT2D eigenvalue weighted by molar-refractivity contribution is -0.143. The van der Waals surface area contributed by atoms with E-state index in [4.69, 9.17) is 0 Å². The number of hydrogen-bond acceptors (Lipinski definition) is 6. The van der Waals surface area contributed by atoms with E-state index >= 15 is 0 Å². The summed E-state index contributed by atoms with van der Waals surface area (Å²) < 4.78 is 0. The Kier molecular flexibility index (Phi) is 5.72. The molecule has 26 heavy (non-hydrogen) atoms. The Hall–Kier alpha value is -2.61. The molecule has 0 aromatic carbocycles. The number of hydrogen-bond donors (Lipinski definition) is 3. The first kappa shape index (κ1) is 18.2. The number of nitrogens with one attached hydrogen (secondary N) is 2. The molecule has 3 heterocycles. The minimum atomic E-state index is -0.833. The van der Waals surface area contributed by atoms with Gasteiger partial charge in [0.05, 0.1) is 11.6 Å². The third kappa shape index (κ3) is 4.32. The molecule has 3 N–H and O–H groups in total. The average molecular weight is 356 g/mol. The summed E-state index contributed by atoms with van der Waals surface area (Å²) in [5.41, 5.74) is 3.10. The molecule has 2 atom stereocenters. The van der Waals surface area contributed by atoms with Crippen LogP contribution in [0.15, 0.2) is 24.4 Å². The average Bonchev–Trinajstić information content (AvgIpc) is 3.31. The molecule has 1 aliphatic heterocycles. The minimum Gasteiger partial charge on any atom is -0.481 e. The summed E-state index contributed by atoms with van der Waals surface area (Å²) in [7, 11) is 0. The fourth-order valence-corrected chi connectivity index (χ4v) is 3.34. The maximum atomic E-state index is 11.9. The molecule has 0 radical (unpaired) electrons. The number of carboxylic acid groups (broad SMARTS) is 1. The SMILES string of the molecule is CC(C)CC(C(=O)O)C(Cc1ccc(C2=CCNC2)nc1)c1nn[nH]n1. The number of carbonyl (C=O) groups is 1. The van der Waals surface area contributed by atoms with Crippen molar-refractivity contribution in [3.63, 3.8) is 0 Å². The van der Waals surface area contributed by atoms with Crippen LogP contribution in [0.5, 0.6) is 0 Å². The summed E-state index contributed by atoms with van der Waals surface area (Å²) in [5.74, 6) is -1.07. The van der Waals surface area contributed by atoms with Gasteiger partial charge < -0.3 is 10.4 Å². The zero-order valence-corrected chi connectivity index (χ0v) is 15.0. The van der Waals surface area contributed by atoms with E-state index in [9.17, 15) is 9.90 Å². The fourth-order valence-electron chi connectivity index (χ4n) is 3.34. The number of H-pyrrole nitrogens is 1. The van der Waals surface area contributed by atoms with Gasteiger partial charge in [-0.15, -0.1) is 10.2 Å². The van der Waals surface area contributed by atoms with Gasteiger partial charge in [-0.3, -0.25) is 9.78 Å². The topological polar surface area (TPSA) is 117 Å². The number of aromatic amines is 1. The number of carboxylic acids is 1. The van der Waals surface area contributed by atoms with Crippen LogP contribution in [0.25, 0.3) is 5.57 Å². The first-order chi connectivity index (χ1) is 12.5. The zero-order chi connectivity index (χ0) is 18.5. The van der Waals surface area contributed by atoms with Gasteiger partial charge in [0.15, 0.2) is 5.82 Å². The van der Waals surface area contributed by atoms with Crippen LogP contribution < -0.4 is 5.32 Å². The number of nitrogens with zero attached hydrogens (tertiary/aromatic N) is 4. The number of aliphatic carboxylic acids is 1. The summed E-state index contributed by atoms with van der Waals surface area (Å²) in [6.45, 7) is 5.73. The minimum absolute atomic E-state index is 0.257. The van der Waals surface area contributed by atoms with Crippen molar-refractivity contribution in [1.29, 1.82) is 0 Å². The molecule has 2 unspecified atom stereocenters. The monoisotopic (exact) mass is 356 g/mol. The molecule has 3 rings (SSSR count). The smallest absolute Gasteiger partial charge is 0.307 e. The Morgan fingerprint density at radius 1 is 1.35 bits per heavy atom. The van der Waals surface area contributed by atoms with E-state index < -0.39 is 11.9 Å². The van der Waals surface area contributed by atoms with Crippen molar-refractivity contribution in [2.75, 3.05) is 13.1 Å². The third-order valence-electron chi connectivity index (χ3n) is 4.64. The standard InChI is InChI=1S/C18H24N6O2/c1-11(2)7-15(18(25)26)14(17-21-23-24-22-17)8-12-3-4-16(20-9-12)13-5-6-19-10-13/h3-5,9,11,14-15,19H,6-8,10H2,1-2H3,(H,25,26)(H,21,22,23,24). The van der Waals surface area contributed by atoms with Crippen LogP contribution in [0.1, 0.15) is 43.3 Å². The van der Waals surface area contributed by atoms with E-state index in [1.54, 1.807) is 0 Å². The lowest BCUT2D eigenvalue weighted by Gasteiger charge is -2.23. The highest BCUT2D eigenvalue weighted by molar-refractivity contribution is 5.71. The van der Waals surface area contributed by atoms with E-state index in [2.05, 4.69) is 37.0 Å². The van der Waals surface area contributed by atoms with E-state index in [0.29, 0.717) is 18.7 Å². The van der Waals surface area contributed by atoms with Gasteiger partial charge in [0.2, 0.25) is 0 Å². The third-order valence-corrected chi connectivity index (χ3v) is 4.64. The molecule has 2 aromatic rings. The van der Waals surface area contributed by atoms with Gasteiger partial charge in [-0.1, -0.05) is 31.2 Å². The number of tetrazole rings is 1. The highest BCUT2D eigenvalue weighted by Gasteiger charge is 2.33. The van der Waals surface area contributed by atoms with Gasteiger partial charge in [0.1, 0.15) is 0 Å². The molecular formula is C18H24N6O2. The van der Waals surface area contributed by atoms with Crippen molar-refractivity contribution in [3.05, 3.63) is 41.5 Å². The summed E-state index contributed by atoms with van der Waals surface area (Å²) >= 11 is 0. The van der Waals surface area contributed by atoms with Crippen molar-refractivity contribution < 1.29 is 9.90 Å². The molecule has 0 fully saturated rings. The van der Waals surface area contributed by atoms with Crippen LogP contribution >= 0.6 is 0 Å². The van der Waals surface area contributed by atoms with Crippen LogP contribution in [0.3, 0.4) is 0 Å². The largest absolute Gasteiger partial charge is 0.481 e. The van der Waals surface area contributed by atoms with Crippen molar-refractivity contribution in [2.45, 2.75) is 32.6 Å². The van der Waals surface area contributed by atoms with Crippen LogP contribution in [-0.2, 0) is 11.2 Å². The van der Waals surface area contributed by atoms with Gasteiger partial charge in [0, 0.05) is 25.2 Å². The van der Waals surface area contributed by atoms with Crippen molar-refractivity contribution in [2.24, 2.45) is 11.8 Å². The predicted octanol–water partition coefficient (Wildman–Crippen LogP) is 1.65. The quantitative estimate of drug-likeness (QED) is 0.658. The highest BCUT2D eigenvalue weighted by atomic mass is 16.4. The molecule has 0 saturated carbocycles.